The van der Waals surface area contributed by atoms with Gasteiger partial charge in [0.15, 0.2) is 0 Å². The van der Waals surface area contributed by atoms with Gasteiger partial charge in [-0.05, 0) is 25.3 Å². The number of nitrogens with one attached hydrogen (secondary N) is 1. The van der Waals surface area contributed by atoms with Crippen LogP contribution in [0.2, 0.25) is 0 Å². The molecule has 0 aliphatic carbocycles. The van der Waals surface area contributed by atoms with Crippen molar-refractivity contribution in [2.45, 2.75) is 6.42 Å². The van der Waals surface area contributed by atoms with Crippen LogP contribution < -0.4 is 5.48 Å². The molecular formula is C13H16N2O2. The van der Waals surface area contributed by atoms with E-state index in [0.717, 1.165) is 25.2 Å². The van der Waals surface area contributed by atoms with Crippen LogP contribution in [-0.2, 0) is 4.84 Å². The Bertz CT molecular complexity index is 415. The number of hydroxylamine groups is 1. The fourth-order valence-corrected chi connectivity index (χ4v) is 1.61. The van der Waals surface area contributed by atoms with E-state index in [9.17, 15) is 4.79 Å². The fourth-order valence-electron chi connectivity index (χ4n) is 1.61. The molecule has 4 heteroatoms. The van der Waals surface area contributed by atoms with Crippen LogP contribution in [0, 0.1) is 0 Å². The molecule has 0 atom stereocenters. The first kappa shape index (κ1) is 11.7. The molecule has 90 valence electrons. The van der Waals surface area contributed by atoms with Crippen LogP contribution in [-0.4, -0.2) is 31.0 Å². The fraction of sp³-hybridized carbons (Fsp3) is 0.308. The Morgan fingerprint density at radius 1 is 1.35 bits per heavy atom. The lowest BCUT2D eigenvalue weighted by Crippen LogP contribution is -2.29. The maximum atomic E-state index is 11.6. The number of carbonyl (C=O) groups is 1. The summed E-state index contributed by atoms with van der Waals surface area (Å²) in [4.78, 5) is 18.9. The number of nitrogens with zero attached hydrogens (tertiary/aromatic N) is 1. The van der Waals surface area contributed by atoms with E-state index < -0.39 is 0 Å². The van der Waals surface area contributed by atoms with Crippen molar-refractivity contribution in [3.05, 3.63) is 47.7 Å². The molecule has 2 rings (SSSR count). The Morgan fingerprint density at radius 2 is 2.12 bits per heavy atom. The molecule has 0 saturated heterocycles. The second-order valence-electron chi connectivity index (χ2n) is 4.10. The van der Waals surface area contributed by atoms with Crippen LogP contribution >= 0.6 is 0 Å². The second-order valence-corrected chi connectivity index (χ2v) is 4.10. The molecule has 0 fully saturated rings. The highest BCUT2D eigenvalue weighted by atomic mass is 16.7. The minimum Gasteiger partial charge on any atom is -0.338 e. The van der Waals surface area contributed by atoms with Crippen LogP contribution in [0.1, 0.15) is 16.8 Å². The predicted octanol–water partition coefficient (Wildman–Crippen LogP) is 1.57. The van der Waals surface area contributed by atoms with Crippen molar-refractivity contribution in [3.63, 3.8) is 0 Å². The molecule has 0 radical (unpaired) electrons. The Labute approximate surface area is 101 Å². The van der Waals surface area contributed by atoms with Crippen molar-refractivity contribution >= 4 is 5.97 Å². The molecule has 1 N–H and O–H groups in total. The molecule has 0 bridgehead atoms. The lowest BCUT2D eigenvalue weighted by atomic mass is 10.2. The largest absolute Gasteiger partial charge is 0.362 e. The van der Waals surface area contributed by atoms with Crippen LogP contribution in [0.15, 0.2) is 42.1 Å². The number of hydrogen-bond donors (Lipinski definition) is 1. The third kappa shape index (κ3) is 3.32. The zero-order valence-electron chi connectivity index (χ0n) is 9.85. The number of benzene rings is 1. The lowest BCUT2D eigenvalue weighted by molar-refractivity contribution is 0.0310. The third-order valence-corrected chi connectivity index (χ3v) is 2.70. The highest BCUT2D eigenvalue weighted by molar-refractivity contribution is 5.89. The maximum absolute atomic E-state index is 11.6. The normalized spacial score (nSPS) is 16.2. The van der Waals surface area contributed by atoms with Gasteiger partial charge in [-0.3, -0.25) is 0 Å². The zero-order valence-corrected chi connectivity index (χ0v) is 9.85. The van der Waals surface area contributed by atoms with Gasteiger partial charge in [0.1, 0.15) is 0 Å². The van der Waals surface area contributed by atoms with Gasteiger partial charge in [-0.2, -0.15) is 0 Å². The quantitative estimate of drug-likeness (QED) is 0.803. The molecule has 1 heterocycles. The highest BCUT2D eigenvalue weighted by Crippen LogP contribution is 2.07. The molecule has 1 aliphatic heterocycles. The van der Waals surface area contributed by atoms with Crippen molar-refractivity contribution in [2.75, 3.05) is 20.1 Å². The maximum Gasteiger partial charge on any atom is 0.362 e. The van der Waals surface area contributed by atoms with Gasteiger partial charge in [0, 0.05) is 25.2 Å². The Kier molecular flexibility index (Phi) is 3.77. The molecule has 0 spiro atoms. The third-order valence-electron chi connectivity index (χ3n) is 2.70. The van der Waals surface area contributed by atoms with Crippen LogP contribution in [0.25, 0.3) is 0 Å². The molecule has 0 saturated carbocycles. The van der Waals surface area contributed by atoms with Gasteiger partial charge in [0.05, 0.1) is 5.56 Å². The van der Waals surface area contributed by atoms with Crippen molar-refractivity contribution in [1.82, 2.24) is 10.4 Å². The van der Waals surface area contributed by atoms with Crippen molar-refractivity contribution < 1.29 is 9.63 Å². The van der Waals surface area contributed by atoms with Gasteiger partial charge in [-0.25, -0.2) is 10.3 Å². The number of likely N-dealkylation sites (N-methyl/N-ethyl adjacent to an activating group) is 1. The first-order valence-corrected chi connectivity index (χ1v) is 5.65. The van der Waals surface area contributed by atoms with Gasteiger partial charge < -0.3 is 9.74 Å². The van der Waals surface area contributed by atoms with Gasteiger partial charge in [0.25, 0.3) is 0 Å². The summed E-state index contributed by atoms with van der Waals surface area (Å²) in [6.45, 7) is 1.85. The van der Waals surface area contributed by atoms with E-state index in [0.29, 0.717) is 5.56 Å². The summed E-state index contributed by atoms with van der Waals surface area (Å²) >= 11 is 0. The van der Waals surface area contributed by atoms with E-state index in [-0.39, 0.29) is 5.97 Å². The molecule has 0 unspecified atom stereocenters. The minimum absolute atomic E-state index is 0.356. The predicted molar refractivity (Wildman–Crippen MR) is 65.2 cm³/mol. The van der Waals surface area contributed by atoms with Crippen molar-refractivity contribution in [2.24, 2.45) is 0 Å². The lowest BCUT2D eigenvalue weighted by Gasteiger charge is -2.22. The molecule has 17 heavy (non-hydrogen) atoms. The SMILES string of the molecule is CN1CC=C(NOC(=O)c2ccccc2)CC1. The summed E-state index contributed by atoms with van der Waals surface area (Å²) in [6.07, 6.45) is 2.90. The molecule has 1 aliphatic rings. The summed E-state index contributed by atoms with van der Waals surface area (Å²) in [6, 6.07) is 8.95. The minimum atomic E-state index is -0.356. The first-order chi connectivity index (χ1) is 8.25. The molecule has 4 nitrogen and oxygen atoms in total. The molecular weight excluding hydrogens is 216 g/mol. The van der Waals surface area contributed by atoms with Gasteiger partial charge in [-0.15, -0.1) is 0 Å². The smallest absolute Gasteiger partial charge is 0.338 e. The summed E-state index contributed by atoms with van der Waals surface area (Å²) in [5.74, 6) is -0.356. The van der Waals surface area contributed by atoms with Crippen LogP contribution in [0.5, 0.6) is 0 Å². The van der Waals surface area contributed by atoms with Gasteiger partial charge in [-0.1, -0.05) is 18.2 Å². The van der Waals surface area contributed by atoms with E-state index in [1.54, 1.807) is 12.1 Å². The standard InChI is InChI=1S/C13H16N2O2/c1-15-9-7-12(8-10-15)14-17-13(16)11-5-3-2-4-6-11/h2-7,14H,8-10H2,1H3. The van der Waals surface area contributed by atoms with Gasteiger partial charge in [0.2, 0.25) is 0 Å². The number of rotatable bonds is 3. The second kappa shape index (κ2) is 5.50. The van der Waals surface area contributed by atoms with E-state index in [1.165, 1.54) is 0 Å². The Morgan fingerprint density at radius 3 is 2.76 bits per heavy atom. The molecule has 1 aromatic carbocycles. The monoisotopic (exact) mass is 232 g/mol. The summed E-state index contributed by atoms with van der Waals surface area (Å²) in [7, 11) is 2.06. The Balaban J connectivity index is 1.85. The van der Waals surface area contributed by atoms with Crippen LogP contribution in [0.4, 0.5) is 0 Å². The van der Waals surface area contributed by atoms with E-state index in [4.69, 9.17) is 4.84 Å². The van der Waals surface area contributed by atoms with Crippen molar-refractivity contribution in [1.29, 1.82) is 0 Å². The molecule has 1 aromatic rings. The average molecular weight is 232 g/mol. The van der Waals surface area contributed by atoms with Crippen molar-refractivity contribution in [3.8, 4) is 0 Å². The summed E-state index contributed by atoms with van der Waals surface area (Å²) in [5.41, 5.74) is 4.24. The summed E-state index contributed by atoms with van der Waals surface area (Å²) < 4.78 is 0. The number of hydrogen-bond acceptors (Lipinski definition) is 4. The van der Waals surface area contributed by atoms with E-state index in [2.05, 4.69) is 17.4 Å². The van der Waals surface area contributed by atoms with Crippen LogP contribution in [0.3, 0.4) is 0 Å². The van der Waals surface area contributed by atoms with E-state index in [1.807, 2.05) is 24.3 Å². The highest BCUT2D eigenvalue weighted by Gasteiger charge is 2.10. The van der Waals surface area contributed by atoms with E-state index >= 15 is 0 Å². The summed E-state index contributed by atoms with van der Waals surface area (Å²) in [5, 5.41) is 0. The molecule has 0 amide bonds. The molecule has 0 aromatic heterocycles. The Hall–Kier alpha value is -1.81. The first-order valence-electron chi connectivity index (χ1n) is 5.65. The number of carbonyl (C=O) groups excluding carboxylic acids is 1. The van der Waals surface area contributed by atoms with Gasteiger partial charge >= 0.3 is 5.97 Å². The topological polar surface area (TPSA) is 41.6 Å². The average Bonchev–Trinajstić information content (AvgIpc) is 2.39. The zero-order chi connectivity index (χ0) is 12.1.